The van der Waals surface area contributed by atoms with Crippen LogP contribution in [0.5, 0.6) is 0 Å². The maximum atomic E-state index is 13.6. The minimum Gasteiger partial charge on any atom is -0.370 e. The first-order valence-corrected chi connectivity index (χ1v) is 18.6. The molecule has 0 bridgehead atoms. The molecule has 0 saturated heterocycles. The third-order valence-corrected chi connectivity index (χ3v) is 10.2. The minimum atomic E-state index is -1.23. The first-order valence-electron chi connectivity index (χ1n) is 14.9. The zero-order chi connectivity index (χ0) is 30.3. The fourth-order valence-electron chi connectivity index (χ4n) is 6.15. The van der Waals surface area contributed by atoms with E-state index in [4.69, 9.17) is 15.6 Å². The zero-order valence-electron chi connectivity index (χ0n) is 24.8. The molecule has 2 N–H and O–H groups in total. The Morgan fingerprint density at radius 2 is 1.74 bits per heavy atom. The average molecular weight is 600 g/mol. The van der Waals surface area contributed by atoms with E-state index in [2.05, 4.69) is 29.6 Å². The first kappa shape index (κ1) is 28.9. The second-order valence-electron chi connectivity index (χ2n) is 12.7. The molecule has 43 heavy (non-hydrogen) atoms. The van der Waals surface area contributed by atoms with Gasteiger partial charge in [0.15, 0.2) is 5.82 Å². The van der Waals surface area contributed by atoms with Crippen LogP contribution in [0.3, 0.4) is 0 Å². The van der Waals surface area contributed by atoms with Crippen LogP contribution in [0.15, 0.2) is 49.1 Å². The van der Waals surface area contributed by atoms with Gasteiger partial charge in [-0.15, -0.1) is 0 Å². The van der Waals surface area contributed by atoms with Crippen molar-refractivity contribution in [2.24, 2.45) is 11.7 Å². The van der Waals surface area contributed by atoms with E-state index in [1.807, 2.05) is 16.8 Å². The molecule has 3 aromatic heterocycles. The smallest absolute Gasteiger partial charge is 0.267 e. The maximum absolute atomic E-state index is 13.6. The summed E-state index contributed by atoms with van der Waals surface area (Å²) < 4.78 is 9.63. The van der Waals surface area contributed by atoms with Crippen molar-refractivity contribution in [2.45, 2.75) is 70.6 Å². The van der Waals surface area contributed by atoms with Crippen LogP contribution in [0, 0.1) is 5.92 Å². The first-order chi connectivity index (χ1) is 20.6. The van der Waals surface area contributed by atoms with Crippen molar-refractivity contribution < 1.29 is 19.1 Å². The van der Waals surface area contributed by atoms with E-state index in [9.17, 15) is 14.4 Å². The van der Waals surface area contributed by atoms with E-state index in [-0.39, 0.29) is 24.2 Å². The second kappa shape index (κ2) is 11.5. The molecule has 1 atom stereocenters. The minimum absolute atomic E-state index is 0.109. The monoisotopic (exact) mass is 599 g/mol. The van der Waals surface area contributed by atoms with Crippen molar-refractivity contribution in [3.05, 3.63) is 60.2 Å². The molecule has 4 aromatic rings. The molecule has 1 aromatic carbocycles. The lowest BCUT2D eigenvalue weighted by atomic mass is 9.95. The lowest BCUT2D eigenvalue weighted by Crippen LogP contribution is -2.31. The SMILES string of the molecule is C[Si](C)(C)CCOCn1ccc2c(-c3cn([C@H](CC(N)=O)C4CCCC4)nc3N3C(=O)c4ccccc4C3=O)ncnc21. The molecule has 224 valence electrons. The Hall–Kier alpha value is -4.16. The number of carbonyl (C=O) groups excluding carboxylic acids is 3. The summed E-state index contributed by atoms with van der Waals surface area (Å²) in [5, 5.41) is 5.59. The highest BCUT2D eigenvalue weighted by Gasteiger charge is 2.40. The molecule has 12 heteroatoms. The summed E-state index contributed by atoms with van der Waals surface area (Å²) in [5.74, 6) is -0.934. The van der Waals surface area contributed by atoms with Gasteiger partial charge in [0.05, 0.1) is 28.4 Å². The van der Waals surface area contributed by atoms with Gasteiger partial charge < -0.3 is 15.0 Å². The standard InChI is InChI=1S/C31H37N7O4Si/c1-43(2,3)15-14-42-19-36-13-12-23-27(33-18-34-28(23)36)24-17-37(25(16-26(32)39)20-8-4-5-9-20)35-29(24)38-30(40)21-10-6-7-11-22(21)31(38)41/h6-7,10-13,17-18,20,25H,4-5,8-9,14-16,19H2,1-3H3,(H2,32,39)/t25-/m1/s1. The van der Waals surface area contributed by atoms with E-state index >= 15 is 0 Å². The molecular weight excluding hydrogens is 562 g/mol. The Kier molecular flexibility index (Phi) is 7.73. The van der Waals surface area contributed by atoms with Crippen molar-refractivity contribution in [3.8, 4) is 11.3 Å². The van der Waals surface area contributed by atoms with Crippen molar-refractivity contribution in [1.29, 1.82) is 0 Å². The number of carbonyl (C=O) groups is 3. The van der Waals surface area contributed by atoms with Crippen LogP contribution in [0.2, 0.25) is 25.7 Å². The van der Waals surface area contributed by atoms with Crippen molar-refractivity contribution in [1.82, 2.24) is 24.3 Å². The quantitative estimate of drug-likeness (QED) is 0.145. The number of anilines is 1. The number of amides is 3. The number of ether oxygens (including phenoxy) is 1. The predicted molar refractivity (Wildman–Crippen MR) is 165 cm³/mol. The largest absolute Gasteiger partial charge is 0.370 e. The molecule has 0 radical (unpaired) electrons. The fraction of sp³-hybridized carbons (Fsp3) is 0.419. The lowest BCUT2D eigenvalue weighted by Gasteiger charge is -2.22. The number of nitrogens with zero attached hydrogens (tertiary/aromatic N) is 6. The molecule has 0 unspecified atom stereocenters. The van der Waals surface area contributed by atoms with E-state index in [0.29, 0.717) is 41.4 Å². The molecule has 0 spiro atoms. The van der Waals surface area contributed by atoms with Gasteiger partial charge in [0, 0.05) is 38.9 Å². The van der Waals surface area contributed by atoms with Crippen LogP contribution in [-0.2, 0) is 16.3 Å². The number of fused-ring (bicyclic) bond motifs is 2. The maximum Gasteiger partial charge on any atom is 0.267 e. The van der Waals surface area contributed by atoms with Crippen LogP contribution in [0.25, 0.3) is 22.3 Å². The summed E-state index contributed by atoms with van der Waals surface area (Å²) in [7, 11) is -1.23. The Bertz CT molecular complexity index is 1660. The number of nitrogens with two attached hydrogens (primary N) is 1. The molecule has 1 saturated carbocycles. The van der Waals surface area contributed by atoms with Gasteiger partial charge in [-0.05, 0) is 43.0 Å². The molecule has 6 rings (SSSR count). The summed E-state index contributed by atoms with van der Waals surface area (Å²) in [6, 6.07) is 9.43. The highest BCUT2D eigenvalue weighted by molar-refractivity contribution is 6.76. The van der Waals surface area contributed by atoms with Crippen LogP contribution < -0.4 is 10.6 Å². The van der Waals surface area contributed by atoms with Gasteiger partial charge >= 0.3 is 0 Å². The average Bonchev–Trinajstić information content (AvgIpc) is 3.77. The Morgan fingerprint density at radius 1 is 1.05 bits per heavy atom. The predicted octanol–water partition coefficient (Wildman–Crippen LogP) is 5.01. The van der Waals surface area contributed by atoms with Gasteiger partial charge in [-0.1, -0.05) is 44.6 Å². The van der Waals surface area contributed by atoms with Gasteiger partial charge in [-0.2, -0.15) is 5.10 Å². The van der Waals surface area contributed by atoms with Crippen LogP contribution in [-0.4, -0.2) is 56.7 Å². The van der Waals surface area contributed by atoms with Crippen LogP contribution in [0.4, 0.5) is 5.82 Å². The Balaban J connectivity index is 1.44. The topological polar surface area (TPSA) is 138 Å². The van der Waals surface area contributed by atoms with Gasteiger partial charge in [0.1, 0.15) is 18.7 Å². The molecule has 1 fully saturated rings. The van der Waals surface area contributed by atoms with Gasteiger partial charge in [-0.3, -0.25) is 19.1 Å². The zero-order valence-corrected chi connectivity index (χ0v) is 25.8. The van der Waals surface area contributed by atoms with E-state index in [0.717, 1.165) is 42.0 Å². The van der Waals surface area contributed by atoms with Gasteiger partial charge in [0.25, 0.3) is 11.8 Å². The summed E-state index contributed by atoms with van der Waals surface area (Å²) in [4.78, 5) is 49.7. The van der Waals surface area contributed by atoms with Crippen molar-refractivity contribution in [2.75, 3.05) is 11.5 Å². The number of hydrogen-bond acceptors (Lipinski definition) is 7. The summed E-state index contributed by atoms with van der Waals surface area (Å²) in [6.45, 7) is 7.96. The molecule has 3 amide bonds. The number of primary amides is 1. The molecule has 2 aliphatic rings. The van der Waals surface area contributed by atoms with Crippen LogP contribution >= 0.6 is 0 Å². The van der Waals surface area contributed by atoms with Gasteiger partial charge in [0.2, 0.25) is 5.91 Å². The van der Waals surface area contributed by atoms with E-state index in [1.54, 1.807) is 35.1 Å². The number of benzene rings is 1. The third-order valence-electron chi connectivity index (χ3n) is 8.45. The highest BCUT2D eigenvalue weighted by atomic mass is 28.3. The van der Waals surface area contributed by atoms with Crippen LogP contribution in [0.1, 0.15) is 58.9 Å². The molecular formula is C31H37N7O4Si. The van der Waals surface area contributed by atoms with E-state index < -0.39 is 25.8 Å². The summed E-state index contributed by atoms with van der Waals surface area (Å²) in [6.07, 6.45) is 9.32. The second-order valence-corrected chi connectivity index (χ2v) is 18.3. The lowest BCUT2D eigenvalue weighted by molar-refractivity contribution is -0.119. The number of imide groups is 1. The van der Waals surface area contributed by atoms with Gasteiger partial charge in [-0.25, -0.2) is 14.9 Å². The normalized spacial score (nSPS) is 16.4. The summed E-state index contributed by atoms with van der Waals surface area (Å²) in [5.41, 5.74) is 8.06. The number of aromatic nitrogens is 5. The highest BCUT2D eigenvalue weighted by Crippen LogP contribution is 2.41. The number of hydrogen-bond donors (Lipinski definition) is 1. The molecule has 4 heterocycles. The molecule has 1 aliphatic carbocycles. The number of rotatable bonds is 11. The molecule has 11 nitrogen and oxygen atoms in total. The Morgan fingerprint density at radius 3 is 2.40 bits per heavy atom. The fourth-order valence-corrected chi connectivity index (χ4v) is 6.91. The van der Waals surface area contributed by atoms with E-state index in [1.165, 1.54) is 6.33 Å². The molecule has 1 aliphatic heterocycles. The summed E-state index contributed by atoms with van der Waals surface area (Å²) >= 11 is 0. The third kappa shape index (κ3) is 5.64. The van der Waals surface area contributed by atoms with Crippen molar-refractivity contribution in [3.63, 3.8) is 0 Å². The Labute approximate surface area is 251 Å². The van der Waals surface area contributed by atoms with Crippen molar-refractivity contribution >= 4 is 42.6 Å².